The molecular weight excluding hydrogens is 176 g/mol. The third-order valence-corrected chi connectivity index (χ3v) is 1.68. The molecule has 0 aliphatic carbocycles. The van der Waals surface area contributed by atoms with E-state index in [4.69, 9.17) is 10.2 Å². The van der Waals surface area contributed by atoms with Crippen molar-refractivity contribution in [1.29, 1.82) is 0 Å². The van der Waals surface area contributed by atoms with Crippen molar-refractivity contribution in [3.05, 3.63) is 0 Å². The summed E-state index contributed by atoms with van der Waals surface area (Å²) in [7, 11) is 0. The average Bonchev–Trinajstić information content (AvgIpc) is 1.84. The number of thiol groups is 2. The minimum absolute atomic E-state index is 0.0940. The van der Waals surface area contributed by atoms with E-state index in [-0.39, 0.29) is 9.95 Å². The molecule has 0 fully saturated rings. The first kappa shape index (κ1) is 9.71. The van der Waals surface area contributed by atoms with Gasteiger partial charge in [0.05, 0.1) is 10.3 Å². The number of aliphatic hydroxyl groups excluding tert-OH is 2. The van der Waals surface area contributed by atoms with Gasteiger partial charge in [0.1, 0.15) is 6.10 Å². The molecule has 5 heteroatoms. The smallest absolute Gasteiger partial charge is 0.121 e. The molecule has 2 unspecified atom stereocenters. The summed E-state index contributed by atoms with van der Waals surface area (Å²) >= 11 is 11.9. The lowest BCUT2D eigenvalue weighted by Crippen LogP contribution is -2.31. The van der Waals surface area contributed by atoms with Crippen LogP contribution in [0.25, 0.3) is 0 Å². The van der Waals surface area contributed by atoms with Crippen molar-refractivity contribution in [2.45, 2.75) is 12.2 Å². The second-order valence-corrected chi connectivity index (χ2v) is 3.12. The number of hydrogen-bond donors (Lipinski definition) is 4. The predicted octanol–water partition coefficient (Wildman–Crippen LogP) is -0.105. The Balaban J connectivity index is 3.72. The zero-order chi connectivity index (χ0) is 7.44. The molecule has 54 valence electrons. The lowest BCUT2D eigenvalue weighted by atomic mass is 10.3. The molecule has 0 aromatic carbocycles. The van der Waals surface area contributed by atoms with Crippen LogP contribution in [0.3, 0.4) is 0 Å². The van der Waals surface area contributed by atoms with Crippen LogP contribution >= 0.6 is 37.5 Å². The summed E-state index contributed by atoms with van der Waals surface area (Å²) in [6.07, 6.45) is -1.95. The molecule has 0 aliphatic rings. The first-order valence-electron chi connectivity index (χ1n) is 2.29. The summed E-state index contributed by atoms with van der Waals surface area (Å²) in [5, 5.41) is 17.7. The number of hydrogen-bond acceptors (Lipinski definition) is 4. The predicted molar refractivity (Wildman–Crippen MR) is 47.5 cm³/mol. The zero-order valence-corrected chi connectivity index (χ0v) is 7.16. The van der Waals surface area contributed by atoms with Crippen LogP contribution in [0.15, 0.2) is 0 Å². The molecule has 2 nitrogen and oxygen atoms in total. The van der Waals surface area contributed by atoms with Crippen LogP contribution in [-0.2, 0) is 0 Å². The third kappa shape index (κ3) is 3.42. The normalized spacial score (nSPS) is 16.9. The fraction of sp³-hybridized carbons (Fsp3) is 0.750. The van der Waals surface area contributed by atoms with Crippen LogP contribution in [-0.4, -0.2) is 32.4 Å². The maximum Gasteiger partial charge on any atom is 0.121 e. The SMILES string of the molecule is OC(CS)C(O)C(=S)S. The molecule has 0 heterocycles. The maximum absolute atomic E-state index is 8.88. The van der Waals surface area contributed by atoms with Gasteiger partial charge in [-0.2, -0.15) is 12.6 Å². The summed E-state index contributed by atoms with van der Waals surface area (Å²) in [5.74, 6) is 0.182. The molecule has 0 bridgehead atoms. The Labute approximate surface area is 70.1 Å². The molecule has 0 aromatic rings. The van der Waals surface area contributed by atoms with Crippen molar-refractivity contribution in [3.8, 4) is 0 Å². The lowest BCUT2D eigenvalue weighted by molar-refractivity contribution is 0.0804. The molecule has 0 rings (SSSR count). The van der Waals surface area contributed by atoms with Gasteiger partial charge in [0.2, 0.25) is 0 Å². The second kappa shape index (κ2) is 4.51. The Morgan fingerprint density at radius 3 is 2.11 bits per heavy atom. The fourth-order valence-electron chi connectivity index (χ4n) is 0.264. The summed E-state index contributed by atoms with van der Waals surface area (Å²) in [5.41, 5.74) is 0. The Hall–Kier alpha value is 0.710. The van der Waals surface area contributed by atoms with Gasteiger partial charge < -0.3 is 10.2 Å². The van der Waals surface area contributed by atoms with Gasteiger partial charge in [0.15, 0.2) is 0 Å². The fourth-order valence-corrected chi connectivity index (χ4v) is 0.793. The Morgan fingerprint density at radius 2 is 2.00 bits per heavy atom. The Kier molecular flexibility index (Phi) is 4.87. The van der Waals surface area contributed by atoms with Crippen molar-refractivity contribution < 1.29 is 10.2 Å². The van der Waals surface area contributed by atoms with Crippen LogP contribution in [0.2, 0.25) is 0 Å². The van der Waals surface area contributed by atoms with E-state index in [1.165, 1.54) is 0 Å². The summed E-state index contributed by atoms with van der Waals surface area (Å²) in [4.78, 5) is 0. The van der Waals surface area contributed by atoms with Crippen molar-refractivity contribution in [2.24, 2.45) is 0 Å². The van der Waals surface area contributed by atoms with Crippen LogP contribution in [0.5, 0.6) is 0 Å². The summed E-state index contributed by atoms with van der Waals surface area (Å²) in [6.45, 7) is 0. The first-order valence-corrected chi connectivity index (χ1v) is 3.78. The highest BCUT2D eigenvalue weighted by molar-refractivity contribution is 8.11. The Bertz CT molecular complexity index is 106. The molecule has 0 radical (unpaired) electrons. The molecule has 0 aromatic heterocycles. The van der Waals surface area contributed by atoms with Gasteiger partial charge in [-0.1, -0.05) is 12.2 Å². The molecule has 9 heavy (non-hydrogen) atoms. The van der Waals surface area contributed by atoms with E-state index >= 15 is 0 Å². The second-order valence-electron chi connectivity index (χ2n) is 1.53. The molecule has 2 N–H and O–H groups in total. The topological polar surface area (TPSA) is 40.5 Å². The van der Waals surface area contributed by atoms with E-state index in [0.717, 1.165) is 0 Å². The van der Waals surface area contributed by atoms with Gasteiger partial charge in [0, 0.05) is 5.75 Å². The van der Waals surface area contributed by atoms with E-state index < -0.39 is 12.2 Å². The summed E-state index contributed by atoms with van der Waals surface area (Å²) < 4.78 is 0.0940. The van der Waals surface area contributed by atoms with Gasteiger partial charge in [-0.05, 0) is 0 Å². The monoisotopic (exact) mass is 184 g/mol. The molecule has 0 saturated carbocycles. The minimum Gasteiger partial charge on any atom is -0.389 e. The van der Waals surface area contributed by atoms with Crippen LogP contribution in [0.1, 0.15) is 0 Å². The van der Waals surface area contributed by atoms with Crippen molar-refractivity contribution in [2.75, 3.05) is 5.75 Å². The summed E-state index contributed by atoms with van der Waals surface area (Å²) in [6, 6.07) is 0. The average molecular weight is 184 g/mol. The van der Waals surface area contributed by atoms with Crippen LogP contribution in [0.4, 0.5) is 0 Å². The van der Waals surface area contributed by atoms with Gasteiger partial charge in [-0.3, -0.25) is 0 Å². The van der Waals surface area contributed by atoms with Gasteiger partial charge in [-0.15, -0.1) is 12.6 Å². The highest BCUT2D eigenvalue weighted by Gasteiger charge is 2.16. The van der Waals surface area contributed by atoms with Crippen molar-refractivity contribution in [3.63, 3.8) is 0 Å². The number of rotatable bonds is 3. The van der Waals surface area contributed by atoms with Crippen LogP contribution in [0, 0.1) is 0 Å². The lowest BCUT2D eigenvalue weighted by Gasteiger charge is -2.12. The van der Waals surface area contributed by atoms with E-state index in [9.17, 15) is 0 Å². The Morgan fingerprint density at radius 1 is 1.56 bits per heavy atom. The van der Waals surface area contributed by atoms with E-state index in [2.05, 4.69) is 37.5 Å². The molecular formula is C4H8O2S3. The standard InChI is InChI=1S/C4H8O2S3/c5-2(1-7)3(6)4(8)9/h2-3,5-7H,1H2,(H,8,9). The van der Waals surface area contributed by atoms with Crippen LogP contribution < -0.4 is 0 Å². The first-order chi connectivity index (χ1) is 4.09. The third-order valence-electron chi connectivity index (χ3n) is 0.805. The minimum atomic E-state index is -1.04. The van der Waals surface area contributed by atoms with E-state index in [1.807, 2.05) is 0 Å². The number of aliphatic hydroxyl groups is 2. The zero-order valence-electron chi connectivity index (χ0n) is 4.56. The highest BCUT2D eigenvalue weighted by Crippen LogP contribution is 2.01. The largest absolute Gasteiger partial charge is 0.389 e. The van der Waals surface area contributed by atoms with Gasteiger partial charge >= 0.3 is 0 Å². The highest BCUT2D eigenvalue weighted by atomic mass is 32.1. The molecule has 0 saturated heterocycles. The van der Waals surface area contributed by atoms with E-state index in [0.29, 0.717) is 0 Å². The number of thiocarbonyl (C=S) groups is 1. The van der Waals surface area contributed by atoms with Crippen molar-refractivity contribution in [1.82, 2.24) is 0 Å². The van der Waals surface area contributed by atoms with Gasteiger partial charge in [0.25, 0.3) is 0 Å². The quantitative estimate of drug-likeness (QED) is 0.365. The molecule has 0 amide bonds. The van der Waals surface area contributed by atoms with Gasteiger partial charge in [-0.25, -0.2) is 0 Å². The van der Waals surface area contributed by atoms with Crippen molar-refractivity contribution >= 4 is 41.7 Å². The molecule has 0 aliphatic heterocycles. The molecule has 2 atom stereocenters. The molecule has 0 spiro atoms. The maximum atomic E-state index is 8.88. The van der Waals surface area contributed by atoms with E-state index in [1.54, 1.807) is 0 Å².